The van der Waals surface area contributed by atoms with Crippen LogP contribution in [0.25, 0.3) is 5.76 Å². The minimum Gasteiger partial charge on any atom is -0.484 e. The molecule has 0 aromatic heterocycles. The highest BCUT2D eigenvalue weighted by molar-refractivity contribution is 6.04. The molecule has 0 fully saturated rings. The number of aryl methyl sites for hydroxylation is 3. The van der Waals surface area contributed by atoms with E-state index in [1.54, 1.807) is 0 Å². The Balaban J connectivity index is 1.98. The smallest absolute Gasteiger partial charge is 0.154 e. The van der Waals surface area contributed by atoms with Gasteiger partial charge >= 0.3 is 0 Å². The number of hydrogen-bond donors (Lipinski definition) is 1. The van der Waals surface area contributed by atoms with Crippen LogP contribution in [-0.4, -0.2) is 17.5 Å². The summed E-state index contributed by atoms with van der Waals surface area (Å²) in [6.07, 6.45) is 3.68. The molecule has 0 atom stereocenters. The summed E-state index contributed by atoms with van der Waals surface area (Å²) in [6, 6.07) is 12.2. The Labute approximate surface area is 160 Å². The van der Waals surface area contributed by atoms with Crippen LogP contribution >= 0.6 is 0 Å². The molecule has 140 valence electrons. The normalized spacial score (nSPS) is 15.0. The van der Waals surface area contributed by atoms with E-state index in [0.29, 0.717) is 5.71 Å². The average Bonchev–Trinajstić information content (AvgIpc) is 3.06. The molecule has 0 saturated carbocycles. The summed E-state index contributed by atoms with van der Waals surface area (Å²) in [6.45, 7) is 8.47. The highest BCUT2D eigenvalue weighted by Gasteiger charge is 2.19. The zero-order valence-corrected chi connectivity index (χ0v) is 16.4. The average molecular weight is 362 g/mol. The molecule has 0 spiro atoms. The zero-order chi connectivity index (χ0) is 19.4. The third kappa shape index (κ3) is 3.65. The molecule has 1 heterocycles. The number of ether oxygens (including phenoxy) is 1. The van der Waals surface area contributed by atoms with Gasteiger partial charge in [-0.1, -0.05) is 54.9 Å². The fourth-order valence-electron chi connectivity index (χ4n) is 3.59. The van der Waals surface area contributed by atoms with Crippen molar-refractivity contribution in [3.63, 3.8) is 0 Å². The summed E-state index contributed by atoms with van der Waals surface area (Å²) >= 11 is 0. The van der Waals surface area contributed by atoms with Crippen molar-refractivity contribution in [3.05, 3.63) is 81.0 Å². The van der Waals surface area contributed by atoms with Crippen LogP contribution in [-0.2, 0) is 17.6 Å². The van der Waals surface area contributed by atoms with Crippen molar-refractivity contribution >= 4 is 11.5 Å². The molecule has 1 N–H and O–H groups in total. The number of fused-ring (bicyclic) bond motifs is 1. The first kappa shape index (κ1) is 18.9. The number of nitrogens with zero attached hydrogens (tertiary/aromatic N) is 2. The van der Waals surface area contributed by atoms with Crippen molar-refractivity contribution < 1.29 is 9.94 Å². The van der Waals surface area contributed by atoms with Gasteiger partial charge in [0.05, 0.1) is 5.36 Å². The Bertz CT molecular complexity index is 1010. The molecule has 3 rings (SSSR count). The Hall–Kier alpha value is -2.88. The molecule has 27 heavy (non-hydrogen) atoms. The minimum absolute atomic E-state index is 0.191. The number of hydrogen-bond acceptors (Lipinski definition) is 4. The molecule has 0 aliphatic carbocycles. The van der Waals surface area contributed by atoms with Gasteiger partial charge in [0.15, 0.2) is 5.76 Å². The maximum absolute atomic E-state index is 9.74. The molecular formula is C23H26N2O2. The second kappa shape index (κ2) is 8.21. The molecule has 0 unspecified atom stereocenters. The van der Waals surface area contributed by atoms with E-state index >= 15 is 0 Å². The molecule has 1 aliphatic rings. The summed E-state index contributed by atoms with van der Waals surface area (Å²) in [5, 5.41) is 15.2. The summed E-state index contributed by atoms with van der Waals surface area (Å²) in [5.41, 5.74) is 5.94. The molecule has 1 aliphatic heterocycles. The van der Waals surface area contributed by atoms with Crippen molar-refractivity contribution in [2.45, 2.75) is 40.5 Å². The third-order valence-corrected chi connectivity index (χ3v) is 4.87. The highest BCUT2D eigenvalue weighted by Crippen LogP contribution is 2.22. The van der Waals surface area contributed by atoms with Crippen molar-refractivity contribution in [1.29, 1.82) is 0 Å². The van der Waals surface area contributed by atoms with E-state index in [-0.39, 0.29) is 6.61 Å². The zero-order valence-electron chi connectivity index (χ0n) is 16.4. The molecule has 2 aromatic rings. The van der Waals surface area contributed by atoms with Crippen molar-refractivity contribution in [2.75, 3.05) is 6.61 Å². The topological polar surface area (TPSA) is 54.2 Å². The lowest BCUT2D eigenvalue weighted by atomic mass is 9.92. The first-order valence-corrected chi connectivity index (χ1v) is 9.44. The summed E-state index contributed by atoms with van der Waals surface area (Å²) < 4.78 is 6.13. The number of rotatable bonds is 6. The van der Waals surface area contributed by atoms with Crippen LogP contribution in [0.3, 0.4) is 0 Å². The fourth-order valence-corrected chi connectivity index (χ4v) is 3.59. The van der Waals surface area contributed by atoms with Gasteiger partial charge in [-0.05, 0) is 49.9 Å². The van der Waals surface area contributed by atoms with Gasteiger partial charge in [0.2, 0.25) is 0 Å². The Morgan fingerprint density at radius 1 is 1.15 bits per heavy atom. The second-order valence-electron chi connectivity index (χ2n) is 6.63. The fraction of sp³-hybridized carbons (Fsp3) is 0.304. The van der Waals surface area contributed by atoms with E-state index in [0.717, 1.165) is 40.4 Å². The van der Waals surface area contributed by atoms with Crippen LogP contribution in [0.15, 0.2) is 58.3 Å². The van der Waals surface area contributed by atoms with Gasteiger partial charge < -0.3 is 9.94 Å². The lowest BCUT2D eigenvalue weighted by molar-refractivity contribution is 0.296. The van der Waals surface area contributed by atoms with Crippen LogP contribution in [0.1, 0.15) is 43.0 Å². The monoisotopic (exact) mass is 362 g/mol. The maximum Gasteiger partial charge on any atom is 0.154 e. The van der Waals surface area contributed by atoms with Crippen LogP contribution in [0.2, 0.25) is 0 Å². The van der Waals surface area contributed by atoms with E-state index in [9.17, 15) is 5.21 Å². The second-order valence-corrected chi connectivity index (χ2v) is 6.63. The summed E-state index contributed by atoms with van der Waals surface area (Å²) in [7, 11) is 0. The standard InChI is InChI=1S/C23H26N2O2/c1-5-16-12-15(4)13-17(6-2)22(16)21(25-26)14-27-23-18-10-8-9-11-20(18)24-19(23)7-3/h7-13,26H,5-6,14H2,1-4H3. The minimum atomic E-state index is 0.191. The first-order valence-electron chi connectivity index (χ1n) is 9.44. The largest absolute Gasteiger partial charge is 0.484 e. The molecule has 0 amide bonds. The van der Waals surface area contributed by atoms with E-state index in [1.165, 1.54) is 16.7 Å². The van der Waals surface area contributed by atoms with Crippen molar-refractivity contribution in [1.82, 2.24) is 0 Å². The Morgan fingerprint density at radius 2 is 1.81 bits per heavy atom. The summed E-state index contributed by atoms with van der Waals surface area (Å²) in [5.74, 6) is 0.734. The van der Waals surface area contributed by atoms with E-state index < -0.39 is 0 Å². The van der Waals surface area contributed by atoms with Crippen LogP contribution < -0.4 is 10.6 Å². The van der Waals surface area contributed by atoms with Gasteiger partial charge in [0, 0.05) is 10.8 Å². The van der Waals surface area contributed by atoms with Gasteiger partial charge in [-0.15, -0.1) is 0 Å². The maximum atomic E-state index is 9.74. The van der Waals surface area contributed by atoms with Crippen LogP contribution in [0, 0.1) is 6.92 Å². The molecule has 0 bridgehead atoms. The molecular weight excluding hydrogens is 336 g/mol. The SMILES string of the molecule is CC=C1N=c2ccccc2=C1OCC(=NO)c1c(CC)cc(C)cc1CC. The number of para-hydroxylation sites is 1. The van der Waals surface area contributed by atoms with Gasteiger partial charge in [-0.2, -0.15) is 0 Å². The predicted molar refractivity (Wildman–Crippen MR) is 109 cm³/mol. The molecule has 4 nitrogen and oxygen atoms in total. The predicted octanol–water partition coefficient (Wildman–Crippen LogP) is 3.66. The van der Waals surface area contributed by atoms with Crippen LogP contribution in [0.5, 0.6) is 0 Å². The van der Waals surface area contributed by atoms with Crippen molar-refractivity contribution in [3.8, 4) is 0 Å². The van der Waals surface area contributed by atoms with Gasteiger partial charge in [0.1, 0.15) is 18.0 Å². The Morgan fingerprint density at radius 3 is 2.41 bits per heavy atom. The van der Waals surface area contributed by atoms with Gasteiger partial charge in [-0.3, -0.25) is 0 Å². The van der Waals surface area contributed by atoms with Gasteiger partial charge in [0.25, 0.3) is 0 Å². The lowest BCUT2D eigenvalue weighted by Gasteiger charge is -2.17. The third-order valence-electron chi connectivity index (χ3n) is 4.87. The summed E-state index contributed by atoms with van der Waals surface area (Å²) in [4.78, 5) is 4.60. The number of benzene rings is 2. The molecule has 0 radical (unpaired) electrons. The number of oxime groups is 1. The molecule has 2 aromatic carbocycles. The van der Waals surface area contributed by atoms with Crippen molar-refractivity contribution in [2.24, 2.45) is 10.1 Å². The molecule has 4 heteroatoms. The number of allylic oxidation sites excluding steroid dienone is 1. The van der Waals surface area contributed by atoms with E-state index in [1.807, 2.05) is 37.3 Å². The van der Waals surface area contributed by atoms with E-state index in [4.69, 9.17) is 4.74 Å². The Kier molecular flexibility index (Phi) is 5.75. The van der Waals surface area contributed by atoms with Crippen LogP contribution in [0.4, 0.5) is 0 Å². The molecule has 0 saturated heterocycles. The van der Waals surface area contributed by atoms with Gasteiger partial charge in [-0.25, -0.2) is 4.99 Å². The van der Waals surface area contributed by atoms with E-state index in [2.05, 4.69) is 43.1 Å². The first-order chi connectivity index (χ1) is 13.1. The quantitative estimate of drug-likeness (QED) is 0.484. The lowest BCUT2D eigenvalue weighted by Crippen LogP contribution is -2.24. The highest BCUT2D eigenvalue weighted by atomic mass is 16.5.